The van der Waals surface area contributed by atoms with Crippen molar-refractivity contribution in [3.63, 3.8) is 0 Å². The zero-order valence-electron chi connectivity index (χ0n) is 18.7. The molecule has 2 aromatic heterocycles. The third-order valence-electron chi connectivity index (χ3n) is 6.60. The van der Waals surface area contributed by atoms with Gasteiger partial charge in [-0.25, -0.2) is 0 Å². The Hall–Kier alpha value is -2.93. The summed E-state index contributed by atoms with van der Waals surface area (Å²) in [6, 6.07) is 11.9. The third-order valence-corrected chi connectivity index (χ3v) is 6.60. The lowest BCUT2D eigenvalue weighted by molar-refractivity contribution is 0.195. The number of hydrogen-bond donors (Lipinski definition) is 0. The average Bonchev–Trinajstić information content (AvgIpc) is 3.28. The van der Waals surface area contributed by atoms with Crippen LogP contribution >= 0.6 is 0 Å². The number of hydrogen-bond acceptors (Lipinski definition) is 6. The van der Waals surface area contributed by atoms with Crippen LogP contribution in [0.25, 0.3) is 0 Å². The van der Waals surface area contributed by atoms with Gasteiger partial charge in [-0.05, 0) is 69.1 Å². The van der Waals surface area contributed by atoms with E-state index in [0.29, 0.717) is 12.5 Å². The standard InChI is InChI=1S/C25H31N5O2/c1-31-22-8-9-23(32-18-21-6-2-4-12-26-21)20(16-22)17-29-14-10-19(11-15-29)25-28-27-24-7-3-5-13-30(24)25/h2,4,6,8-9,12,16,19H,3,5,7,10-11,13-15,17-18H2,1H3. The van der Waals surface area contributed by atoms with Gasteiger partial charge in [0.1, 0.15) is 29.8 Å². The number of aromatic nitrogens is 4. The van der Waals surface area contributed by atoms with Gasteiger partial charge in [0.15, 0.2) is 0 Å². The molecule has 0 amide bonds. The van der Waals surface area contributed by atoms with Gasteiger partial charge in [0.2, 0.25) is 0 Å². The van der Waals surface area contributed by atoms with Crippen LogP contribution in [-0.2, 0) is 26.1 Å². The van der Waals surface area contributed by atoms with Crippen LogP contribution in [0.3, 0.4) is 0 Å². The van der Waals surface area contributed by atoms with Crippen molar-refractivity contribution in [2.24, 2.45) is 0 Å². The van der Waals surface area contributed by atoms with Crippen LogP contribution in [0.15, 0.2) is 42.6 Å². The van der Waals surface area contributed by atoms with Crippen molar-refractivity contribution in [1.82, 2.24) is 24.6 Å². The molecule has 0 unspecified atom stereocenters. The van der Waals surface area contributed by atoms with Crippen molar-refractivity contribution in [2.45, 2.75) is 57.7 Å². The van der Waals surface area contributed by atoms with E-state index in [1.807, 2.05) is 30.3 Å². The highest BCUT2D eigenvalue weighted by molar-refractivity contribution is 5.40. The molecular formula is C25H31N5O2. The fourth-order valence-electron chi connectivity index (χ4n) is 4.81. The zero-order chi connectivity index (χ0) is 21.8. The molecule has 168 valence electrons. The molecule has 0 spiro atoms. The van der Waals surface area contributed by atoms with Gasteiger partial charge in [0.25, 0.3) is 0 Å². The lowest BCUT2D eigenvalue weighted by Crippen LogP contribution is -2.33. The second kappa shape index (κ2) is 9.69. The maximum atomic E-state index is 6.14. The molecule has 1 fully saturated rings. The summed E-state index contributed by atoms with van der Waals surface area (Å²) in [4.78, 5) is 6.87. The number of piperidine rings is 1. The molecule has 0 aliphatic carbocycles. The maximum absolute atomic E-state index is 6.14. The Balaban J connectivity index is 1.23. The van der Waals surface area contributed by atoms with Crippen LogP contribution in [0.5, 0.6) is 11.5 Å². The molecule has 0 radical (unpaired) electrons. The second-order valence-corrected chi connectivity index (χ2v) is 8.72. The van der Waals surface area contributed by atoms with Crippen molar-refractivity contribution >= 4 is 0 Å². The minimum atomic E-state index is 0.459. The Labute approximate surface area is 189 Å². The molecule has 1 aromatic carbocycles. The Kier molecular flexibility index (Phi) is 6.34. The van der Waals surface area contributed by atoms with E-state index in [4.69, 9.17) is 9.47 Å². The van der Waals surface area contributed by atoms with Gasteiger partial charge in [-0.15, -0.1) is 10.2 Å². The van der Waals surface area contributed by atoms with Crippen molar-refractivity contribution < 1.29 is 9.47 Å². The fourth-order valence-corrected chi connectivity index (χ4v) is 4.81. The normalized spacial score (nSPS) is 17.2. The van der Waals surface area contributed by atoms with Gasteiger partial charge in [-0.1, -0.05) is 6.07 Å². The van der Waals surface area contributed by atoms with Crippen LogP contribution in [0.1, 0.15) is 54.5 Å². The number of benzene rings is 1. The van der Waals surface area contributed by atoms with Crippen molar-refractivity contribution in [3.8, 4) is 11.5 Å². The molecule has 2 aliphatic heterocycles. The largest absolute Gasteiger partial charge is 0.497 e. The first kappa shape index (κ1) is 20.9. The first-order chi connectivity index (χ1) is 15.8. The predicted octanol–water partition coefficient (Wildman–Crippen LogP) is 3.98. The average molecular weight is 434 g/mol. The summed E-state index contributed by atoms with van der Waals surface area (Å²) in [5.41, 5.74) is 2.07. The first-order valence-corrected chi connectivity index (χ1v) is 11.6. The van der Waals surface area contributed by atoms with E-state index in [9.17, 15) is 0 Å². The first-order valence-electron chi connectivity index (χ1n) is 11.6. The fraction of sp³-hybridized carbons (Fsp3) is 0.480. The second-order valence-electron chi connectivity index (χ2n) is 8.72. The number of ether oxygens (including phenoxy) is 2. The predicted molar refractivity (Wildman–Crippen MR) is 122 cm³/mol. The molecule has 0 saturated carbocycles. The molecule has 7 heteroatoms. The van der Waals surface area contributed by atoms with Crippen molar-refractivity contribution in [3.05, 3.63) is 65.5 Å². The molecule has 2 aliphatic rings. The quantitative estimate of drug-likeness (QED) is 0.562. The van der Waals surface area contributed by atoms with Gasteiger partial charge in [-0.3, -0.25) is 9.88 Å². The van der Waals surface area contributed by atoms with Gasteiger partial charge in [0, 0.05) is 37.2 Å². The Morgan fingerprint density at radius 2 is 1.94 bits per heavy atom. The van der Waals surface area contributed by atoms with Crippen LogP contribution in [0.4, 0.5) is 0 Å². The summed E-state index contributed by atoms with van der Waals surface area (Å²) in [5, 5.41) is 9.03. The molecule has 0 N–H and O–H groups in total. The number of methoxy groups -OCH3 is 1. The number of nitrogens with zero attached hydrogens (tertiary/aromatic N) is 5. The van der Waals surface area contributed by atoms with Crippen molar-refractivity contribution in [1.29, 1.82) is 0 Å². The Bertz CT molecular complexity index is 1030. The molecule has 0 atom stereocenters. The van der Waals surface area contributed by atoms with E-state index in [-0.39, 0.29) is 0 Å². The summed E-state index contributed by atoms with van der Waals surface area (Å²) >= 11 is 0. The minimum absolute atomic E-state index is 0.459. The number of pyridine rings is 1. The zero-order valence-corrected chi connectivity index (χ0v) is 18.7. The summed E-state index contributed by atoms with van der Waals surface area (Å²) in [6.45, 7) is 4.48. The molecule has 1 saturated heterocycles. The molecular weight excluding hydrogens is 402 g/mol. The lowest BCUT2D eigenvalue weighted by atomic mass is 9.95. The monoisotopic (exact) mass is 433 g/mol. The van der Waals surface area contributed by atoms with Crippen LogP contribution in [0, 0.1) is 0 Å². The summed E-state index contributed by atoms with van der Waals surface area (Å²) < 4.78 is 14.0. The van der Waals surface area contributed by atoms with E-state index < -0.39 is 0 Å². The highest BCUT2D eigenvalue weighted by atomic mass is 16.5. The highest BCUT2D eigenvalue weighted by Gasteiger charge is 2.27. The SMILES string of the molecule is COc1ccc(OCc2ccccn2)c(CN2CCC(c3nnc4n3CCCC4)CC2)c1. The summed E-state index contributed by atoms with van der Waals surface area (Å²) in [6.07, 6.45) is 7.58. The smallest absolute Gasteiger partial charge is 0.136 e. The van der Waals surface area contributed by atoms with Crippen LogP contribution in [0.2, 0.25) is 0 Å². The Morgan fingerprint density at radius 3 is 2.75 bits per heavy atom. The van der Waals surface area contributed by atoms with E-state index in [1.54, 1.807) is 13.3 Å². The van der Waals surface area contributed by atoms with Gasteiger partial charge < -0.3 is 14.0 Å². The number of aryl methyl sites for hydroxylation is 1. The van der Waals surface area contributed by atoms with Gasteiger partial charge >= 0.3 is 0 Å². The van der Waals surface area contributed by atoms with E-state index in [2.05, 4.69) is 30.7 Å². The molecule has 0 bridgehead atoms. The Morgan fingerprint density at radius 1 is 1.03 bits per heavy atom. The maximum Gasteiger partial charge on any atom is 0.136 e. The highest BCUT2D eigenvalue weighted by Crippen LogP contribution is 2.32. The number of fused-ring (bicyclic) bond motifs is 1. The summed E-state index contributed by atoms with van der Waals surface area (Å²) in [5.74, 6) is 4.65. The molecule has 3 aromatic rings. The molecule has 5 rings (SSSR count). The van der Waals surface area contributed by atoms with Crippen molar-refractivity contribution in [2.75, 3.05) is 20.2 Å². The van der Waals surface area contributed by atoms with Crippen LogP contribution in [-0.4, -0.2) is 44.8 Å². The van der Waals surface area contributed by atoms with Crippen LogP contribution < -0.4 is 9.47 Å². The van der Waals surface area contributed by atoms with E-state index in [1.165, 1.54) is 24.5 Å². The molecule has 7 nitrogen and oxygen atoms in total. The van der Waals surface area contributed by atoms with E-state index >= 15 is 0 Å². The molecule has 4 heterocycles. The topological polar surface area (TPSA) is 65.3 Å². The number of rotatable bonds is 7. The molecule has 32 heavy (non-hydrogen) atoms. The van der Waals surface area contributed by atoms with E-state index in [0.717, 1.165) is 68.2 Å². The van der Waals surface area contributed by atoms with Gasteiger partial charge in [-0.2, -0.15) is 0 Å². The van der Waals surface area contributed by atoms with Gasteiger partial charge in [0.05, 0.1) is 12.8 Å². The summed E-state index contributed by atoms with van der Waals surface area (Å²) in [7, 11) is 1.71. The number of likely N-dealkylation sites (tertiary alicyclic amines) is 1. The minimum Gasteiger partial charge on any atom is -0.497 e. The lowest BCUT2D eigenvalue weighted by Gasteiger charge is -2.32. The third kappa shape index (κ3) is 4.63.